The van der Waals surface area contributed by atoms with E-state index in [0.717, 1.165) is 12.5 Å². The minimum atomic E-state index is -2.35. The third-order valence-electron chi connectivity index (χ3n) is 5.13. The third kappa shape index (κ3) is 14.9. The van der Waals surface area contributed by atoms with Gasteiger partial charge in [0.05, 0.1) is 0 Å². The molecular formula is C22H46O3Si. The van der Waals surface area contributed by atoms with Gasteiger partial charge in [-0.1, -0.05) is 83.1 Å². The fraction of sp³-hybridized carbons (Fsp3) is 0.909. The summed E-state index contributed by atoms with van der Waals surface area (Å²) in [6.07, 6.45) is 22.4. The molecule has 0 unspecified atom stereocenters. The van der Waals surface area contributed by atoms with Crippen LogP contribution in [-0.4, -0.2) is 29.6 Å². The maximum Gasteiger partial charge on any atom is 0.500 e. The van der Waals surface area contributed by atoms with Crippen LogP contribution in [0, 0.1) is 0 Å². The van der Waals surface area contributed by atoms with E-state index < -0.39 is 8.80 Å². The van der Waals surface area contributed by atoms with Crippen molar-refractivity contribution in [2.75, 3.05) is 20.8 Å². The highest BCUT2D eigenvalue weighted by atomic mass is 28.4. The Balaban J connectivity index is 3.30. The van der Waals surface area contributed by atoms with Gasteiger partial charge in [-0.3, -0.25) is 0 Å². The first kappa shape index (κ1) is 25.8. The van der Waals surface area contributed by atoms with Crippen LogP contribution in [0.2, 0.25) is 6.04 Å². The fourth-order valence-electron chi connectivity index (χ4n) is 3.45. The molecule has 0 aliphatic carbocycles. The Morgan fingerprint density at radius 1 is 0.654 bits per heavy atom. The largest absolute Gasteiger partial charge is 0.500 e. The van der Waals surface area contributed by atoms with Crippen LogP contribution in [0.5, 0.6) is 0 Å². The Hall–Kier alpha value is -0.163. The van der Waals surface area contributed by atoms with Crippen molar-refractivity contribution in [3.05, 3.63) is 12.7 Å². The summed E-state index contributed by atoms with van der Waals surface area (Å²) < 4.78 is 16.8. The summed E-state index contributed by atoms with van der Waals surface area (Å²) in [5.41, 5.74) is 0. The number of hydrogen-bond acceptors (Lipinski definition) is 3. The normalized spacial score (nSPS) is 11.8. The minimum absolute atomic E-state index is 0.670. The van der Waals surface area contributed by atoms with Crippen molar-refractivity contribution < 1.29 is 13.3 Å². The molecule has 0 aromatic rings. The molecule has 0 bridgehead atoms. The average molecular weight is 387 g/mol. The molecule has 4 heteroatoms. The molecule has 0 aromatic carbocycles. The molecule has 0 radical (unpaired) electrons. The maximum absolute atomic E-state index is 5.74. The van der Waals surface area contributed by atoms with Crippen LogP contribution in [0.1, 0.15) is 103 Å². The number of hydrogen-bond donors (Lipinski definition) is 0. The van der Waals surface area contributed by atoms with Gasteiger partial charge < -0.3 is 13.3 Å². The van der Waals surface area contributed by atoms with Gasteiger partial charge in [0.25, 0.3) is 0 Å². The molecule has 0 atom stereocenters. The lowest BCUT2D eigenvalue weighted by atomic mass is 10.0. The zero-order valence-electron chi connectivity index (χ0n) is 18.0. The van der Waals surface area contributed by atoms with Crippen molar-refractivity contribution in [3.63, 3.8) is 0 Å². The van der Waals surface area contributed by atoms with Crippen LogP contribution in [0.4, 0.5) is 0 Å². The molecule has 0 N–H and O–H groups in total. The standard InChI is InChI=1S/C22H46O3Si/c1-5-7-8-9-10-11-12-13-14-15-16-17-18-19-20-21-22-26(23-3,24-4)25-6-2/h5H,1,6-22H2,2-4H3. The summed E-state index contributed by atoms with van der Waals surface area (Å²) in [7, 11) is 1.08. The van der Waals surface area contributed by atoms with E-state index in [2.05, 4.69) is 6.58 Å². The average Bonchev–Trinajstić information content (AvgIpc) is 2.66. The lowest BCUT2D eigenvalue weighted by Crippen LogP contribution is -2.43. The van der Waals surface area contributed by atoms with Gasteiger partial charge in [0.2, 0.25) is 0 Å². The van der Waals surface area contributed by atoms with E-state index in [1.54, 1.807) is 14.2 Å². The van der Waals surface area contributed by atoms with Gasteiger partial charge in [-0.15, -0.1) is 6.58 Å². The summed E-state index contributed by atoms with van der Waals surface area (Å²) in [5.74, 6) is 0. The molecule has 0 saturated carbocycles. The predicted octanol–water partition coefficient (Wildman–Crippen LogP) is 7.29. The second-order valence-electron chi connectivity index (χ2n) is 7.30. The molecule has 0 aliphatic heterocycles. The minimum Gasteiger partial charge on any atom is -0.377 e. The first-order valence-electron chi connectivity index (χ1n) is 11.1. The highest BCUT2D eigenvalue weighted by Gasteiger charge is 2.37. The Labute approximate surface area is 165 Å². The second kappa shape index (κ2) is 19.6. The molecule has 0 rings (SSSR count). The van der Waals surface area contributed by atoms with Gasteiger partial charge in [0.15, 0.2) is 0 Å². The molecule has 0 aromatic heterocycles. The molecule has 0 spiro atoms. The smallest absolute Gasteiger partial charge is 0.377 e. The van der Waals surface area contributed by atoms with Gasteiger partial charge in [0, 0.05) is 26.9 Å². The van der Waals surface area contributed by atoms with Gasteiger partial charge in [-0.25, -0.2) is 0 Å². The van der Waals surface area contributed by atoms with Crippen molar-refractivity contribution >= 4 is 8.80 Å². The summed E-state index contributed by atoms with van der Waals surface area (Å²) >= 11 is 0. The van der Waals surface area contributed by atoms with Crippen LogP contribution < -0.4 is 0 Å². The molecule has 0 saturated heterocycles. The SMILES string of the molecule is C=CCCCCCCCCCCCCCCCC[Si](OC)(OC)OCC. The summed E-state index contributed by atoms with van der Waals surface area (Å²) in [6.45, 7) is 6.45. The highest BCUT2D eigenvalue weighted by Crippen LogP contribution is 2.19. The van der Waals surface area contributed by atoms with Crippen molar-refractivity contribution in [2.24, 2.45) is 0 Å². The van der Waals surface area contributed by atoms with E-state index >= 15 is 0 Å². The van der Waals surface area contributed by atoms with E-state index in [0.29, 0.717) is 6.61 Å². The van der Waals surface area contributed by atoms with E-state index in [-0.39, 0.29) is 0 Å². The molecule has 3 nitrogen and oxygen atoms in total. The monoisotopic (exact) mass is 386 g/mol. The predicted molar refractivity (Wildman–Crippen MR) is 116 cm³/mol. The molecular weight excluding hydrogens is 340 g/mol. The van der Waals surface area contributed by atoms with Gasteiger partial charge >= 0.3 is 8.80 Å². The summed E-state index contributed by atoms with van der Waals surface area (Å²) in [4.78, 5) is 0. The zero-order chi connectivity index (χ0) is 19.3. The Morgan fingerprint density at radius 3 is 1.38 bits per heavy atom. The first-order valence-corrected chi connectivity index (χ1v) is 13.0. The van der Waals surface area contributed by atoms with E-state index in [1.165, 1.54) is 89.9 Å². The Kier molecular flexibility index (Phi) is 19.5. The Morgan fingerprint density at radius 2 is 1.04 bits per heavy atom. The van der Waals surface area contributed by atoms with Gasteiger partial charge in [-0.2, -0.15) is 0 Å². The molecule has 0 fully saturated rings. The molecule has 0 aliphatic rings. The fourth-order valence-corrected chi connectivity index (χ4v) is 5.53. The topological polar surface area (TPSA) is 27.7 Å². The van der Waals surface area contributed by atoms with Crippen molar-refractivity contribution in [1.82, 2.24) is 0 Å². The van der Waals surface area contributed by atoms with Gasteiger partial charge in [-0.05, 0) is 26.2 Å². The lowest BCUT2D eigenvalue weighted by molar-refractivity contribution is 0.103. The number of allylic oxidation sites excluding steroid dienone is 1. The molecule has 0 heterocycles. The summed E-state index contributed by atoms with van der Waals surface area (Å²) in [5, 5.41) is 0. The van der Waals surface area contributed by atoms with Gasteiger partial charge in [0.1, 0.15) is 0 Å². The zero-order valence-corrected chi connectivity index (χ0v) is 19.0. The Bertz CT molecular complexity index is 293. The lowest BCUT2D eigenvalue weighted by Gasteiger charge is -2.25. The third-order valence-corrected chi connectivity index (χ3v) is 8.07. The van der Waals surface area contributed by atoms with Crippen molar-refractivity contribution in [2.45, 2.75) is 109 Å². The van der Waals surface area contributed by atoms with Crippen molar-refractivity contribution in [3.8, 4) is 0 Å². The quantitative estimate of drug-likeness (QED) is 0.118. The van der Waals surface area contributed by atoms with Crippen molar-refractivity contribution in [1.29, 1.82) is 0 Å². The number of unbranched alkanes of at least 4 members (excludes halogenated alkanes) is 14. The second-order valence-corrected chi connectivity index (χ2v) is 10.3. The molecule has 26 heavy (non-hydrogen) atoms. The molecule has 0 amide bonds. The first-order chi connectivity index (χ1) is 12.7. The molecule has 156 valence electrons. The van der Waals surface area contributed by atoms with Crippen LogP contribution in [0.3, 0.4) is 0 Å². The highest BCUT2D eigenvalue weighted by molar-refractivity contribution is 6.60. The van der Waals surface area contributed by atoms with E-state index in [9.17, 15) is 0 Å². The maximum atomic E-state index is 5.74. The van der Waals surface area contributed by atoms with E-state index in [4.69, 9.17) is 13.3 Å². The van der Waals surface area contributed by atoms with Crippen LogP contribution in [-0.2, 0) is 13.3 Å². The van der Waals surface area contributed by atoms with Crippen LogP contribution >= 0.6 is 0 Å². The van der Waals surface area contributed by atoms with E-state index in [1.807, 2.05) is 13.0 Å². The van der Waals surface area contributed by atoms with Crippen LogP contribution in [0.25, 0.3) is 0 Å². The number of rotatable bonds is 21. The summed E-state index contributed by atoms with van der Waals surface area (Å²) in [6, 6.07) is 0.946. The van der Waals surface area contributed by atoms with Crippen LogP contribution in [0.15, 0.2) is 12.7 Å².